The summed E-state index contributed by atoms with van der Waals surface area (Å²) in [7, 11) is 0. The first-order valence-electron chi connectivity index (χ1n) is 35.9. The van der Waals surface area contributed by atoms with Gasteiger partial charge < -0.3 is 26.7 Å². The van der Waals surface area contributed by atoms with Gasteiger partial charge in [0, 0.05) is 136 Å². The van der Waals surface area contributed by atoms with E-state index in [1.54, 1.807) is 6.92 Å². The molecule has 0 heterocycles. The van der Waals surface area contributed by atoms with Gasteiger partial charge in [-0.2, -0.15) is 12.6 Å². The van der Waals surface area contributed by atoms with Gasteiger partial charge in [-0.05, 0) is 159 Å². The molecule has 0 bridgehead atoms. The van der Waals surface area contributed by atoms with Crippen LogP contribution in [0, 0.1) is 71.0 Å². The minimum Gasteiger partial charge on any atom is -0.870 e. The molecule has 15 nitrogen and oxygen atoms in total. The molecular weight excluding hydrogens is 1350 g/mol. The van der Waals surface area contributed by atoms with E-state index in [1.165, 1.54) is 46.8 Å². The molecule has 0 unspecified atom stereocenters. The van der Waals surface area contributed by atoms with Crippen molar-refractivity contribution in [1.29, 1.82) is 0 Å². The first kappa shape index (κ1) is 102. The zero-order chi connectivity index (χ0) is 70.4. The van der Waals surface area contributed by atoms with E-state index < -0.39 is 5.92 Å². The van der Waals surface area contributed by atoms with Crippen molar-refractivity contribution in [2.45, 2.75) is 252 Å². The van der Waals surface area contributed by atoms with Crippen molar-refractivity contribution in [3.63, 3.8) is 0 Å². The van der Waals surface area contributed by atoms with Crippen LogP contribution in [0.2, 0.25) is 0 Å². The Morgan fingerprint density at radius 3 is 1.16 bits per heavy atom. The van der Waals surface area contributed by atoms with Crippen LogP contribution in [0.4, 0.5) is 0 Å². The van der Waals surface area contributed by atoms with Gasteiger partial charge in [0.15, 0.2) is 10.2 Å². The van der Waals surface area contributed by atoms with Crippen LogP contribution < -0.4 is 29.5 Å². The molecule has 2 amide bonds. The fourth-order valence-electron chi connectivity index (χ4n) is 14.2. The molecule has 4 aliphatic carbocycles. The van der Waals surface area contributed by atoms with Gasteiger partial charge in [0.25, 0.3) is 0 Å². The number of rotatable bonds is 32. The number of hydrogen-bond donors (Lipinski definition) is 4. The fraction of sp³-hybridized carbons (Fsp3) is 0.643. The smallest absolute Gasteiger partial charge is 0.870 e. The van der Waals surface area contributed by atoms with E-state index in [9.17, 15) is 47.9 Å². The van der Waals surface area contributed by atoms with Gasteiger partial charge in [-0.15, -0.1) is 0 Å². The Kier molecular flexibility index (Phi) is 53.6. The monoisotopic (exact) mass is 1480 g/mol. The van der Waals surface area contributed by atoms with Crippen molar-refractivity contribution in [2.24, 2.45) is 71.0 Å². The Labute approximate surface area is 646 Å². The minimum atomic E-state index is -0.424. The molecule has 576 valence electrons. The summed E-state index contributed by atoms with van der Waals surface area (Å²) in [4.78, 5) is 122. The van der Waals surface area contributed by atoms with Crippen molar-refractivity contribution in [1.82, 2.24) is 10.6 Å². The molecule has 4 aliphatic rings. The number of carbonyl (C=O) groups excluding carboxylic acids is 10. The first-order chi connectivity index (χ1) is 45.7. The Hall–Kier alpha value is -4.77. The minimum absolute atomic E-state index is 0. The summed E-state index contributed by atoms with van der Waals surface area (Å²) in [6, 6.07) is 28.4. The number of ketones is 6. The molecule has 0 aliphatic heterocycles. The van der Waals surface area contributed by atoms with Crippen LogP contribution in [0.15, 0.2) is 84.9 Å². The third-order valence-electron chi connectivity index (χ3n) is 19.6. The number of Topliss-reactive ketones (excluding diaryl/α,β-unsaturated/α-hetero) is 6. The Bertz CT molecular complexity index is 3200. The van der Waals surface area contributed by atoms with Crippen LogP contribution in [0.1, 0.15) is 238 Å². The van der Waals surface area contributed by atoms with Crippen molar-refractivity contribution >= 4 is 114 Å². The van der Waals surface area contributed by atoms with Crippen molar-refractivity contribution < 1.29 is 82.9 Å². The molecule has 12 atom stereocenters. The standard InChI is InChI=1S/C31H41NO4S.C29H39NO3S.C11H18O2S.C9H16O2.4CH4.Li.2H2O/c1-20(2)15-26(31(36)32-27(19-37-22(4)33)17-25-12-8-14-29(25)34)18-30(35)21(3)16-24-11-7-10-23-9-5-6-13-28(23)24;1-19(2)14-24(29(33)30-25(18-34)16-23-11-7-13-27(23)31)17-28(32)20(3)15-22-10-6-9-21-8-4-5-12-26(21)22;1-8(7-14-9(2)12)6-10-4-3-5-11(10)13;1-7(6-10)5-8-3-2-4-9(8)11;;;;;;;/h5-7,9-11,13,20-21,25-27H,8,12,14-19H2,1-4H3,(H,32,36);4-6,8-10,12,19-20,23-25,34H,7,11,13-18H2,1-3H3,(H,30,33);8,10H,3-7H2,1-2H3;7-8,10H,2-6H2,1H3;4*1H4;;2*1H2/q;;;;;;;;+1;;/p-1/t21-,25-,26+,27-;20-,23-,24+,25-;8-,10-;7-,8-;;;;;;;/m0000......./s1. The van der Waals surface area contributed by atoms with E-state index in [0.717, 1.165) is 99.1 Å². The zero-order valence-electron chi connectivity index (χ0n) is 61.3. The summed E-state index contributed by atoms with van der Waals surface area (Å²) < 4.78 is 0. The summed E-state index contributed by atoms with van der Waals surface area (Å²) in [5.41, 5.74) is 2.31. The maximum atomic E-state index is 13.4. The first-order valence-corrected chi connectivity index (χ1v) is 38.5. The van der Waals surface area contributed by atoms with Gasteiger partial charge in [0.1, 0.15) is 34.7 Å². The average Bonchev–Trinajstić information content (AvgIpc) is 1.66. The predicted octanol–water partition coefficient (Wildman–Crippen LogP) is 14.6. The molecule has 6 N–H and O–H groups in total. The quantitative estimate of drug-likeness (QED) is 0.0261. The van der Waals surface area contributed by atoms with E-state index in [2.05, 4.69) is 106 Å². The molecule has 103 heavy (non-hydrogen) atoms. The number of aliphatic hydroxyl groups is 1. The van der Waals surface area contributed by atoms with Crippen LogP contribution >= 0.6 is 36.2 Å². The Morgan fingerprint density at radius 1 is 0.485 bits per heavy atom. The van der Waals surface area contributed by atoms with E-state index in [0.29, 0.717) is 98.0 Å². The maximum Gasteiger partial charge on any atom is 1.00 e. The predicted molar refractivity (Wildman–Crippen MR) is 429 cm³/mol. The van der Waals surface area contributed by atoms with Crippen LogP contribution in [-0.4, -0.2) is 109 Å². The SMILES string of the molecule is C.C.C.C.CC(=O)SC[C@@H](C)C[C@@H]1CCCC1=O.CC(=O)SC[C@H](C[C@@H]1CCCC1=O)NC(=O)[C@@H](CC(=O)[C@@H](C)Cc1cccc2ccccc12)CC(C)C.CC(C)C[C@H](CC(=O)[C@@H](C)Cc1cccc2ccccc12)C(=O)N[C@H](CS)C[C@@H]1CCCC1=O.C[C@H](CO)C[C@@H]1CCCC1=O.O.[Li+].[OH-]. The molecule has 0 saturated heterocycles. The number of thiol groups is 1. The van der Waals surface area contributed by atoms with Crippen LogP contribution in [-0.2, 0) is 60.8 Å². The number of hydrogen-bond acceptors (Lipinski definition) is 15. The van der Waals surface area contributed by atoms with E-state index in [-0.39, 0.29) is 178 Å². The molecule has 4 saturated carbocycles. The molecular formula is C84H133LiN2O13S3. The van der Waals surface area contributed by atoms with Gasteiger partial charge in [-0.3, -0.25) is 47.9 Å². The van der Waals surface area contributed by atoms with Crippen molar-refractivity contribution in [2.75, 3.05) is 23.9 Å². The van der Waals surface area contributed by atoms with E-state index >= 15 is 0 Å². The summed E-state index contributed by atoms with van der Waals surface area (Å²) in [5, 5.41) is 19.9. The summed E-state index contributed by atoms with van der Waals surface area (Å²) in [5.74, 6) is 3.93. The second kappa shape index (κ2) is 53.9. The number of thioether (sulfide) groups is 2. The second-order valence-electron chi connectivity index (χ2n) is 29.2. The summed E-state index contributed by atoms with van der Waals surface area (Å²) in [6.45, 7) is 19.6. The van der Waals surface area contributed by atoms with Crippen LogP contribution in [0.5, 0.6) is 0 Å². The zero-order valence-corrected chi connectivity index (χ0v) is 63.8. The topological polar surface area (TPSA) is 276 Å². The molecule has 4 aromatic rings. The average molecular weight is 1480 g/mol. The van der Waals surface area contributed by atoms with E-state index in [4.69, 9.17) is 5.11 Å². The van der Waals surface area contributed by atoms with E-state index in [1.807, 2.05) is 57.2 Å². The fourth-order valence-corrected chi connectivity index (χ4v) is 15.8. The number of carbonyl (C=O) groups is 10. The third kappa shape index (κ3) is 36.6. The van der Waals surface area contributed by atoms with Crippen LogP contribution in [0.3, 0.4) is 0 Å². The number of amides is 2. The summed E-state index contributed by atoms with van der Waals surface area (Å²) in [6.07, 6.45) is 16.7. The molecule has 4 fully saturated rings. The summed E-state index contributed by atoms with van der Waals surface area (Å²) >= 11 is 6.98. The largest absolute Gasteiger partial charge is 1.00 e. The second-order valence-corrected chi connectivity index (χ2v) is 32.0. The van der Waals surface area contributed by atoms with Gasteiger partial charge in [0.2, 0.25) is 11.8 Å². The molecule has 8 rings (SSSR count). The molecule has 0 aromatic heterocycles. The molecule has 0 spiro atoms. The maximum absolute atomic E-state index is 13.4. The third-order valence-corrected chi connectivity index (χ3v) is 22.1. The molecule has 0 radical (unpaired) electrons. The number of benzene rings is 4. The van der Waals surface area contributed by atoms with Gasteiger partial charge in [-0.1, -0.05) is 194 Å². The van der Waals surface area contributed by atoms with Gasteiger partial charge >= 0.3 is 18.9 Å². The van der Waals surface area contributed by atoms with Gasteiger partial charge in [-0.25, -0.2) is 0 Å². The number of fused-ring (bicyclic) bond motifs is 2. The Morgan fingerprint density at radius 2 is 0.816 bits per heavy atom. The van der Waals surface area contributed by atoms with Gasteiger partial charge in [0.05, 0.1) is 0 Å². The number of aliphatic hydroxyl groups excluding tert-OH is 1. The molecule has 19 heteroatoms. The number of nitrogens with one attached hydrogen (secondary N) is 2. The Balaban J connectivity index is -0.00000139. The van der Waals surface area contributed by atoms with Crippen molar-refractivity contribution in [3.05, 3.63) is 96.1 Å². The van der Waals surface area contributed by atoms with Crippen molar-refractivity contribution in [3.8, 4) is 0 Å². The molecule has 4 aromatic carbocycles. The normalized spacial score (nSPS) is 18.9. The van der Waals surface area contributed by atoms with Crippen LogP contribution in [0.25, 0.3) is 21.5 Å².